The Bertz CT molecular complexity index is 856. The Morgan fingerprint density at radius 3 is 2.42 bits per heavy atom. The van der Waals surface area contributed by atoms with Gasteiger partial charge in [0.05, 0.1) is 10.7 Å². The van der Waals surface area contributed by atoms with Crippen molar-refractivity contribution in [2.75, 3.05) is 31.1 Å². The van der Waals surface area contributed by atoms with E-state index in [4.69, 9.17) is 11.6 Å². The van der Waals surface area contributed by atoms with Gasteiger partial charge >= 0.3 is 0 Å². The smallest absolute Gasteiger partial charge is 0.246 e. The predicted octanol–water partition coefficient (Wildman–Crippen LogP) is 2.52. The first-order chi connectivity index (χ1) is 11.4. The van der Waals surface area contributed by atoms with Crippen LogP contribution in [0.1, 0.15) is 0 Å². The molecule has 3 rings (SSSR count). The van der Waals surface area contributed by atoms with Crippen molar-refractivity contribution in [3.63, 3.8) is 0 Å². The molecule has 0 aliphatic carbocycles. The van der Waals surface area contributed by atoms with Crippen LogP contribution in [-0.4, -0.2) is 43.9 Å². The number of nitrogens with zero attached hydrogens (tertiary/aromatic N) is 3. The van der Waals surface area contributed by atoms with E-state index in [-0.39, 0.29) is 13.1 Å². The van der Waals surface area contributed by atoms with Crippen molar-refractivity contribution in [2.24, 2.45) is 0 Å². The number of aromatic nitrogens is 1. The van der Waals surface area contributed by atoms with E-state index in [0.717, 1.165) is 17.8 Å². The second-order valence-corrected chi connectivity index (χ2v) is 7.61. The summed E-state index contributed by atoms with van der Waals surface area (Å²) in [5, 5.41) is 0.485. The fraction of sp³-hybridized carbons (Fsp3) is 0.267. The van der Waals surface area contributed by atoms with Crippen LogP contribution in [0, 0.1) is 11.6 Å². The lowest BCUT2D eigenvalue weighted by Crippen LogP contribution is -2.48. The van der Waals surface area contributed by atoms with E-state index < -0.39 is 26.6 Å². The minimum atomic E-state index is -4.01. The van der Waals surface area contributed by atoms with Crippen molar-refractivity contribution in [3.8, 4) is 0 Å². The monoisotopic (exact) mass is 373 g/mol. The molecule has 0 atom stereocenters. The van der Waals surface area contributed by atoms with Crippen molar-refractivity contribution in [1.82, 2.24) is 9.29 Å². The average molecular weight is 374 g/mol. The normalized spacial score (nSPS) is 16.4. The third kappa shape index (κ3) is 3.22. The maximum Gasteiger partial charge on any atom is 0.246 e. The van der Waals surface area contributed by atoms with Gasteiger partial charge in [-0.1, -0.05) is 11.6 Å². The summed E-state index contributed by atoms with van der Waals surface area (Å²) in [7, 11) is -4.01. The molecule has 1 aromatic carbocycles. The quantitative estimate of drug-likeness (QED) is 0.829. The summed E-state index contributed by atoms with van der Waals surface area (Å²) in [6.07, 6.45) is 3.13. The molecule has 1 aliphatic rings. The molecule has 1 saturated heterocycles. The molecule has 0 N–H and O–H groups in total. The summed E-state index contributed by atoms with van der Waals surface area (Å²) in [5.41, 5.74) is 0.775. The number of benzene rings is 1. The first-order valence-corrected chi connectivity index (χ1v) is 9.01. The minimum Gasteiger partial charge on any atom is -0.368 e. The summed E-state index contributed by atoms with van der Waals surface area (Å²) >= 11 is 6.09. The molecule has 1 fully saturated rings. The third-order valence-corrected chi connectivity index (χ3v) is 6.07. The summed E-state index contributed by atoms with van der Waals surface area (Å²) in [4.78, 5) is 5.34. The average Bonchev–Trinajstić information content (AvgIpc) is 2.55. The van der Waals surface area contributed by atoms with E-state index in [1.54, 1.807) is 12.3 Å². The summed E-state index contributed by atoms with van der Waals surface area (Å²) in [5.74, 6) is -1.90. The van der Waals surface area contributed by atoms with Crippen LogP contribution in [0.2, 0.25) is 5.02 Å². The van der Waals surface area contributed by atoms with Crippen LogP contribution in [0.3, 0.4) is 0 Å². The molecular weight excluding hydrogens is 360 g/mol. The summed E-state index contributed by atoms with van der Waals surface area (Å²) in [6.45, 7) is 1.17. The van der Waals surface area contributed by atoms with Crippen LogP contribution >= 0.6 is 11.6 Å². The number of sulfonamides is 1. The van der Waals surface area contributed by atoms with Crippen LogP contribution in [0.5, 0.6) is 0 Å². The Kier molecular flexibility index (Phi) is 4.71. The molecule has 1 aliphatic heterocycles. The van der Waals surface area contributed by atoms with Gasteiger partial charge in [0.2, 0.25) is 10.0 Å². The Balaban J connectivity index is 1.78. The Morgan fingerprint density at radius 1 is 1.08 bits per heavy atom. The zero-order valence-corrected chi connectivity index (χ0v) is 14.1. The number of anilines is 1. The van der Waals surface area contributed by atoms with Gasteiger partial charge in [-0.25, -0.2) is 17.2 Å². The van der Waals surface area contributed by atoms with Gasteiger partial charge in [0.15, 0.2) is 0 Å². The first kappa shape index (κ1) is 17.1. The van der Waals surface area contributed by atoms with Crippen molar-refractivity contribution in [1.29, 1.82) is 0 Å². The van der Waals surface area contributed by atoms with Gasteiger partial charge in [-0.3, -0.25) is 4.98 Å². The lowest BCUT2D eigenvalue weighted by molar-refractivity contribution is 0.382. The third-order valence-electron chi connectivity index (χ3n) is 3.84. The molecule has 0 amide bonds. The second-order valence-electron chi connectivity index (χ2n) is 5.29. The standard InChI is InChI=1S/C15H14ClF2N3O2S/c16-12-10-19-4-3-14(12)20-5-7-21(8-6-20)24(22,23)15-2-1-11(17)9-13(15)18/h1-4,9-10H,5-8H2. The molecule has 0 saturated carbocycles. The molecular formula is C15H14ClF2N3O2S. The van der Waals surface area contributed by atoms with E-state index in [2.05, 4.69) is 4.98 Å². The predicted molar refractivity (Wildman–Crippen MR) is 86.6 cm³/mol. The number of piperazine rings is 1. The number of halogens is 3. The van der Waals surface area contributed by atoms with Crippen LogP contribution in [0.4, 0.5) is 14.5 Å². The van der Waals surface area contributed by atoms with Gasteiger partial charge in [0.1, 0.15) is 16.5 Å². The molecule has 2 aromatic rings. The van der Waals surface area contributed by atoms with Crippen LogP contribution in [0.15, 0.2) is 41.6 Å². The van der Waals surface area contributed by atoms with Gasteiger partial charge in [0, 0.05) is 44.6 Å². The highest BCUT2D eigenvalue weighted by Crippen LogP contribution is 2.27. The van der Waals surface area contributed by atoms with Gasteiger partial charge in [-0.05, 0) is 18.2 Å². The summed E-state index contributed by atoms with van der Waals surface area (Å²) in [6, 6.07) is 4.21. The molecule has 0 radical (unpaired) electrons. The Hall–Kier alpha value is -1.77. The van der Waals surface area contributed by atoms with Gasteiger partial charge in [-0.15, -0.1) is 0 Å². The fourth-order valence-electron chi connectivity index (χ4n) is 2.62. The zero-order chi connectivity index (χ0) is 17.3. The van der Waals surface area contributed by atoms with E-state index in [1.807, 2.05) is 4.90 Å². The highest BCUT2D eigenvalue weighted by atomic mass is 35.5. The van der Waals surface area contributed by atoms with Crippen molar-refractivity contribution in [3.05, 3.63) is 53.3 Å². The molecule has 0 bridgehead atoms. The van der Waals surface area contributed by atoms with Crippen LogP contribution in [-0.2, 0) is 10.0 Å². The topological polar surface area (TPSA) is 53.5 Å². The zero-order valence-electron chi connectivity index (χ0n) is 12.5. The number of hydrogen-bond acceptors (Lipinski definition) is 4. The molecule has 9 heteroatoms. The van der Waals surface area contributed by atoms with Crippen LogP contribution in [0.25, 0.3) is 0 Å². The molecule has 2 heterocycles. The van der Waals surface area contributed by atoms with E-state index in [1.165, 1.54) is 10.5 Å². The lowest BCUT2D eigenvalue weighted by Gasteiger charge is -2.35. The molecule has 5 nitrogen and oxygen atoms in total. The number of hydrogen-bond donors (Lipinski definition) is 0. The Morgan fingerprint density at radius 2 is 1.79 bits per heavy atom. The molecule has 0 spiro atoms. The fourth-order valence-corrected chi connectivity index (χ4v) is 4.32. The molecule has 24 heavy (non-hydrogen) atoms. The highest BCUT2D eigenvalue weighted by molar-refractivity contribution is 7.89. The lowest BCUT2D eigenvalue weighted by atomic mass is 10.3. The molecule has 128 valence electrons. The Labute approximate surface area is 143 Å². The van der Waals surface area contributed by atoms with Crippen LogP contribution < -0.4 is 4.90 Å². The van der Waals surface area contributed by atoms with Gasteiger partial charge in [-0.2, -0.15) is 4.31 Å². The maximum absolute atomic E-state index is 13.8. The van der Waals surface area contributed by atoms with E-state index >= 15 is 0 Å². The summed E-state index contributed by atoms with van der Waals surface area (Å²) < 4.78 is 53.1. The first-order valence-electron chi connectivity index (χ1n) is 7.19. The van der Waals surface area contributed by atoms with Crippen molar-refractivity contribution < 1.29 is 17.2 Å². The molecule has 1 aromatic heterocycles. The van der Waals surface area contributed by atoms with Crippen molar-refractivity contribution in [2.45, 2.75) is 4.90 Å². The SMILES string of the molecule is O=S(=O)(c1ccc(F)cc1F)N1CCN(c2ccncc2Cl)CC1. The largest absolute Gasteiger partial charge is 0.368 e. The van der Waals surface area contributed by atoms with Gasteiger partial charge in [0.25, 0.3) is 0 Å². The molecule has 0 unspecified atom stereocenters. The van der Waals surface area contributed by atoms with E-state index in [9.17, 15) is 17.2 Å². The number of pyridine rings is 1. The highest BCUT2D eigenvalue weighted by Gasteiger charge is 2.31. The van der Waals surface area contributed by atoms with Crippen molar-refractivity contribution >= 4 is 27.3 Å². The maximum atomic E-state index is 13.8. The second kappa shape index (κ2) is 6.62. The minimum absolute atomic E-state index is 0.178. The van der Waals surface area contributed by atoms with E-state index in [0.29, 0.717) is 24.2 Å². The van der Waals surface area contributed by atoms with Gasteiger partial charge < -0.3 is 4.90 Å². The number of rotatable bonds is 3.